The van der Waals surface area contributed by atoms with Gasteiger partial charge >= 0.3 is 6.09 Å². The van der Waals surface area contributed by atoms with Gasteiger partial charge in [0, 0.05) is 18.4 Å². The van der Waals surface area contributed by atoms with E-state index in [2.05, 4.69) is 48.6 Å². The predicted molar refractivity (Wildman–Crippen MR) is 114 cm³/mol. The fourth-order valence-corrected chi connectivity index (χ4v) is 4.53. The van der Waals surface area contributed by atoms with E-state index < -0.39 is 6.09 Å². The lowest BCUT2D eigenvalue weighted by Crippen LogP contribution is -2.39. The number of hydrogen-bond acceptors (Lipinski definition) is 5. The zero-order chi connectivity index (χ0) is 21.3. The van der Waals surface area contributed by atoms with E-state index in [0.29, 0.717) is 28.1 Å². The lowest BCUT2D eigenvalue weighted by Gasteiger charge is -2.34. The van der Waals surface area contributed by atoms with Gasteiger partial charge in [0.25, 0.3) is 5.91 Å². The van der Waals surface area contributed by atoms with E-state index in [-0.39, 0.29) is 23.6 Å². The molecule has 9 nitrogen and oxygen atoms in total. The van der Waals surface area contributed by atoms with Gasteiger partial charge in [-0.15, -0.1) is 0 Å². The number of amides is 2. The smallest absolute Gasteiger partial charge is 0.404 e. The Morgan fingerprint density at radius 2 is 2.07 bits per heavy atom. The first-order valence-corrected chi connectivity index (χ1v) is 10.4. The molecule has 3 atom stereocenters. The Balaban J connectivity index is 1.57. The maximum absolute atomic E-state index is 12.9. The van der Waals surface area contributed by atoms with Crippen molar-refractivity contribution in [2.24, 2.45) is 5.92 Å². The van der Waals surface area contributed by atoms with Crippen molar-refractivity contribution in [3.63, 3.8) is 0 Å². The number of rotatable bonds is 4. The molecule has 156 valence electrons. The summed E-state index contributed by atoms with van der Waals surface area (Å²) in [6, 6.07) is 3.38. The first kappa shape index (κ1) is 20.3. The van der Waals surface area contributed by atoms with Gasteiger partial charge in [-0.05, 0) is 64.7 Å². The molecule has 0 saturated heterocycles. The zero-order valence-corrected chi connectivity index (χ0v) is 17.8. The SMILES string of the molecule is C[C@H]1C[C@H](NC(=O)O)C[C@@H](c2ccncc2NC(=O)c2ccn3ncc(Br)c3n2)C1. The molecule has 1 fully saturated rings. The van der Waals surface area contributed by atoms with Gasteiger partial charge in [0.1, 0.15) is 5.69 Å². The average Bonchev–Trinajstić information content (AvgIpc) is 3.07. The summed E-state index contributed by atoms with van der Waals surface area (Å²) in [5.41, 5.74) is 2.39. The van der Waals surface area contributed by atoms with Crippen LogP contribution in [0.5, 0.6) is 0 Å². The van der Waals surface area contributed by atoms with E-state index in [1.165, 1.54) is 0 Å². The molecule has 30 heavy (non-hydrogen) atoms. The van der Waals surface area contributed by atoms with Crippen LogP contribution in [-0.4, -0.2) is 42.7 Å². The van der Waals surface area contributed by atoms with Crippen LogP contribution in [0.1, 0.15) is 48.2 Å². The molecule has 2 amide bonds. The molecule has 0 aromatic carbocycles. The average molecular weight is 473 g/mol. The highest BCUT2D eigenvalue weighted by Crippen LogP contribution is 2.39. The number of carbonyl (C=O) groups is 2. The van der Waals surface area contributed by atoms with Gasteiger partial charge < -0.3 is 15.7 Å². The number of hydrogen-bond donors (Lipinski definition) is 3. The number of anilines is 1. The van der Waals surface area contributed by atoms with Crippen LogP contribution >= 0.6 is 15.9 Å². The van der Waals surface area contributed by atoms with E-state index in [0.717, 1.165) is 18.4 Å². The normalized spacial score (nSPS) is 21.3. The van der Waals surface area contributed by atoms with Crippen molar-refractivity contribution in [3.8, 4) is 0 Å². The van der Waals surface area contributed by atoms with E-state index >= 15 is 0 Å². The molecule has 3 N–H and O–H groups in total. The Morgan fingerprint density at radius 3 is 2.87 bits per heavy atom. The van der Waals surface area contributed by atoms with E-state index in [1.54, 1.807) is 35.4 Å². The van der Waals surface area contributed by atoms with Crippen LogP contribution in [0.2, 0.25) is 0 Å². The molecule has 0 spiro atoms. The largest absolute Gasteiger partial charge is 0.465 e. The number of aromatic nitrogens is 4. The third kappa shape index (κ3) is 4.28. The van der Waals surface area contributed by atoms with Crippen LogP contribution in [0.3, 0.4) is 0 Å². The van der Waals surface area contributed by atoms with Gasteiger partial charge in [-0.1, -0.05) is 6.92 Å². The van der Waals surface area contributed by atoms with Crippen LogP contribution < -0.4 is 10.6 Å². The Kier molecular flexibility index (Phi) is 5.67. The number of nitrogens with one attached hydrogen (secondary N) is 2. The van der Waals surface area contributed by atoms with Crippen LogP contribution in [0.25, 0.3) is 5.65 Å². The molecule has 4 rings (SSSR count). The first-order valence-electron chi connectivity index (χ1n) is 9.65. The minimum atomic E-state index is -1.01. The molecule has 0 radical (unpaired) electrons. The molecule has 1 saturated carbocycles. The third-order valence-electron chi connectivity index (χ3n) is 5.37. The van der Waals surface area contributed by atoms with Crippen molar-refractivity contribution in [2.45, 2.75) is 38.1 Å². The Labute approximate surface area is 181 Å². The second kappa shape index (κ2) is 8.39. The number of carbonyl (C=O) groups excluding carboxylic acids is 1. The maximum atomic E-state index is 12.9. The van der Waals surface area contributed by atoms with Crippen molar-refractivity contribution in [1.29, 1.82) is 0 Å². The van der Waals surface area contributed by atoms with Crippen LogP contribution in [0.15, 0.2) is 41.4 Å². The van der Waals surface area contributed by atoms with Crippen molar-refractivity contribution < 1.29 is 14.7 Å². The summed E-state index contributed by atoms with van der Waals surface area (Å²) >= 11 is 3.37. The third-order valence-corrected chi connectivity index (χ3v) is 5.93. The van der Waals surface area contributed by atoms with Crippen molar-refractivity contribution in [1.82, 2.24) is 24.9 Å². The second-order valence-corrected chi connectivity index (χ2v) is 8.50. The minimum Gasteiger partial charge on any atom is -0.465 e. The van der Waals surface area contributed by atoms with Crippen molar-refractivity contribution >= 4 is 39.3 Å². The summed E-state index contributed by atoms with van der Waals surface area (Å²) in [4.78, 5) is 32.5. The molecule has 0 aliphatic heterocycles. The summed E-state index contributed by atoms with van der Waals surface area (Å²) < 4.78 is 2.28. The fourth-order valence-electron chi connectivity index (χ4n) is 4.17. The summed E-state index contributed by atoms with van der Waals surface area (Å²) in [5.74, 6) is 0.132. The molecule has 3 heterocycles. The highest BCUT2D eigenvalue weighted by molar-refractivity contribution is 9.10. The summed E-state index contributed by atoms with van der Waals surface area (Å²) in [7, 11) is 0. The Bertz CT molecular complexity index is 1100. The molecule has 0 unspecified atom stereocenters. The van der Waals surface area contributed by atoms with Gasteiger partial charge in [-0.3, -0.25) is 9.78 Å². The Morgan fingerprint density at radius 1 is 1.23 bits per heavy atom. The van der Waals surface area contributed by atoms with Gasteiger partial charge in [0.15, 0.2) is 5.65 Å². The van der Waals surface area contributed by atoms with Crippen LogP contribution in [0, 0.1) is 5.92 Å². The molecule has 3 aromatic rings. The molecule has 1 aliphatic carbocycles. The van der Waals surface area contributed by atoms with Crippen molar-refractivity contribution in [3.05, 3.63) is 52.7 Å². The Hall–Kier alpha value is -3.01. The maximum Gasteiger partial charge on any atom is 0.404 e. The highest BCUT2D eigenvalue weighted by atomic mass is 79.9. The van der Waals surface area contributed by atoms with Gasteiger partial charge in [0.05, 0.1) is 22.6 Å². The number of pyridine rings is 1. The van der Waals surface area contributed by atoms with E-state index in [4.69, 9.17) is 5.11 Å². The topological polar surface area (TPSA) is 122 Å². The van der Waals surface area contributed by atoms with Gasteiger partial charge in [-0.2, -0.15) is 5.10 Å². The lowest BCUT2D eigenvalue weighted by molar-refractivity contribution is 0.102. The number of fused-ring (bicyclic) bond motifs is 1. The molecule has 10 heteroatoms. The molecular weight excluding hydrogens is 452 g/mol. The summed E-state index contributed by atoms with van der Waals surface area (Å²) in [6.07, 6.45) is 8.00. The standard InChI is InChI=1S/C20H21BrN6O3/c1-11-6-12(8-13(7-11)24-20(29)30)14-2-4-22-10-17(14)26-19(28)16-3-5-27-18(25-16)15(21)9-23-27/h2-5,9-13,24H,6-8H2,1H3,(H,26,28)(H,29,30)/t11-,12+,13+/m1/s1. The van der Waals surface area contributed by atoms with Crippen molar-refractivity contribution in [2.75, 3.05) is 5.32 Å². The predicted octanol–water partition coefficient (Wildman–Crippen LogP) is 3.68. The van der Waals surface area contributed by atoms with Gasteiger partial charge in [-0.25, -0.2) is 14.3 Å². The molecule has 1 aliphatic rings. The summed E-state index contributed by atoms with van der Waals surface area (Å²) in [5, 5.41) is 18.8. The number of halogens is 1. The molecule has 3 aromatic heterocycles. The lowest BCUT2D eigenvalue weighted by atomic mass is 9.76. The number of nitrogens with zero attached hydrogens (tertiary/aromatic N) is 4. The summed E-state index contributed by atoms with van der Waals surface area (Å²) in [6.45, 7) is 2.12. The number of carboxylic acid groups (broad SMARTS) is 1. The first-order chi connectivity index (χ1) is 14.4. The van der Waals surface area contributed by atoms with Crippen LogP contribution in [-0.2, 0) is 0 Å². The van der Waals surface area contributed by atoms with E-state index in [9.17, 15) is 9.59 Å². The van der Waals surface area contributed by atoms with Gasteiger partial charge in [0.2, 0.25) is 0 Å². The minimum absolute atomic E-state index is 0.114. The molecule has 0 bridgehead atoms. The fraction of sp³-hybridized carbons (Fsp3) is 0.350. The van der Waals surface area contributed by atoms with E-state index in [1.807, 2.05) is 6.07 Å². The quantitative estimate of drug-likeness (QED) is 0.532. The highest BCUT2D eigenvalue weighted by Gasteiger charge is 2.30. The van der Waals surface area contributed by atoms with Crippen LogP contribution in [0.4, 0.5) is 10.5 Å². The molecular formula is C20H21BrN6O3. The zero-order valence-electron chi connectivity index (χ0n) is 16.2. The monoisotopic (exact) mass is 472 g/mol. The second-order valence-electron chi connectivity index (χ2n) is 7.65.